The second-order valence-electron chi connectivity index (χ2n) is 5.28. The van der Waals surface area contributed by atoms with Crippen LogP contribution in [-0.2, 0) is 11.0 Å². The molecule has 0 bridgehead atoms. The Morgan fingerprint density at radius 3 is 2.58 bits per heavy atom. The lowest BCUT2D eigenvalue weighted by molar-refractivity contribution is -0.137. The van der Waals surface area contributed by atoms with Crippen LogP contribution in [0.4, 0.5) is 18.9 Å². The lowest BCUT2D eigenvalue weighted by atomic mass is 10.1. The predicted octanol–water partition coefficient (Wildman–Crippen LogP) is 2.59. The average molecular weight is 340 g/mol. The number of carbonyl (C=O) groups excluding carboxylic acids is 1. The maximum absolute atomic E-state index is 12.9. The summed E-state index contributed by atoms with van der Waals surface area (Å²) in [5, 5.41) is 13.9. The fourth-order valence-electron chi connectivity index (χ4n) is 1.85. The third-order valence-electron chi connectivity index (χ3n) is 3.02. The quantitative estimate of drug-likeness (QED) is 0.455. The first-order valence-electron chi connectivity index (χ1n) is 7.21. The van der Waals surface area contributed by atoms with Crippen molar-refractivity contribution in [2.45, 2.75) is 12.6 Å². The van der Waals surface area contributed by atoms with Gasteiger partial charge in [-0.05, 0) is 39.2 Å². The zero-order chi connectivity index (χ0) is 18.2. The van der Waals surface area contributed by atoms with Gasteiger partial charge in [0.25, 0.3) is 5.91 Å². The van der Waals surface area contributed by atoms with E-state index in [-0.39, 0.29) is 11.3 Å². The van der Waals surface area contributed by atoms with Crippen molar-refractivity contribution in [1.29, 1.82) is 5.26 Å². The molecule has 1 rings (SSSR count). The molecule has 0 heterocycles. The fraction of sp³-hybridized carbons (Fsp3) is 0.375. The van der Waals surface area contributed by atoms with Gasteiger partial charge in [0, 0.05) is 12.7 Å². The van der Waals surface area contributed by atoms with E-state index in [2.05, 4.69) is 10.6 Å². The largest absolute Gasteiger partial charge is 0.418 e. The third-order valence-corrected chi connectivity index (χ3v) is 3.02. The highest BCUT2D eigenvalue weighted by atomic mass is 19.4. The molecule has 0 saturated heterocycles. The van der Waals surface area contributed by atoms with Gasteiger partial charge in [0.2, 0.25) is 0 Å². The van der Waals surface area contributed by atoms with Crippen molar-refractivity contribution in [2.75, 3.05) is 32.5 Å². The second kappa shape index (κ2) is 8.93. The van der Waals surface area contributed by atoms with Crippen molar-refractivity contribution in [3.63, 3.8) is 0 Å². The summed E-state index contributed by atoms with van der Waals surface area (Å²) in [4.78, 5) is 14.0. The number of hydrogen-bond acceptors (Lipinski definition) is 4. The second-order valence-corrected chi connectivity index (χ2v) is 5.28. The minimum atomic E-state index is -4.59. The molecule has 0 aliphatic rings. The van der Waals surface area contributed by atoms with Gasteiger partial charge < -0.3 is 15.5 Å². The molecule has 0 aromatic heterocycles. The number of nitrogens with zero attached hydrogens (tertiary/aromatic N) is 2. The molecular weight excluding hydrogens is 321 g/mol. The molecule has 1 aromatic rings. The van der Waals surface area contributed by atoms with E-state index in [1.807, 2.05) is 19.0 Å². The van der Waals surface area contributed by atoms with E-state index in [1.165, 1.54) is 18.3 Å². The van der Waals surface area contributed by atoms with Crippen LogP contribution in [0.5, 0.6) is 0 Å². The number of amides is 1. The topological polar surface area (TPSA) is 68.2 Å². The van der Waals surface area contributed by atoms with Crippen molar-refractivity contribution >= 4 is 11.6 Å². The van der Waals surface area contributed by atoms with Gasteiger partial charge >= 0.3 is 6.18 Å². The number of nitriles is 1. The highest BCUT2D eigenvalue weighted by Gasteiger charge is 2.33. The summed E-state index contributed by atoms with van der Waals surface area (Å²) in [6.45, 7) is 1.36. The van der Waals surface area contributed by atoms with E-state index in [0.717, 1.165) is 25.1 Å². The number of rotatable bonds is 7. The van der Waals surface area contributed by atoms with E-state index in [4.69, 9.17) is 5.26 Å². The summed E-state index contributed by atoms with van der Waals surface area (Å²) in [7, 11) is 3.84. The molecule has 0 atom stereocenters. The molecule has 0 aliphatic carbocycles. The molecule has 0 fully saturated rings. The fourth-order valence-corrected chi connectivity index (χ4v) is 1.85. The van der Waals surface area contributed by atoms with Gasteiger partial charge in [0.1, 0.15) is 11.6 Å². The normalized spacial score (nSPS) is 12.0. The van der Waals surface area contributed by atoms with Crippen LogP contribution in [0.3, 0.4) is 0 Å². The number of halogens is 3. The van der Waals surface area contributed by atoms with E-state index >= 15 is 0 Å². The molecule has 0 aliphatic heterocycles. The number of hydrogen-bond donors (Lipinski definition) is 2. The highest BCUT2D eigenvalue weighted by Crippen LogP contribution is 2.34. The number of carbonyl (C=O) groups is 1. The maximum atomic E-state index is 12.9. The van der Waals surface area contributed by atoms with Crippen molar-refractivity contribution in [3.05, 3.63) is 41.6 Å². The number of alkyl halides is 3. The van der Waals surface area contributed by atoms with Gasteiger partial charge in [-0.15, -0.1) is 0 Å². The van der Waals surface area contributed by atoms with Gasteiger partial charge in [-0.3, -0.25) is 4.79 Å². The summed E-state index contributed by atoms with van der Waals surface area (Å²) >= 11 is 0. The Labute approximate surface area is 138 Å². The van der Waals surface area contributed by atoms with Crippen molar-refractivity contribution in [3.8, 4) is 6.07 Å². The third kappa shape index (κ3) is 6.30. The van der Waals surface area contributed by atoms with Gasteiger partial charge in [-0.25, -0.2) is 0 Å². The van der Waals surface area contributed by atoms with Crippen LogP contribution in [0.25, 0.3) is 0 Å². The minimum Gasteiger partial charge on any atom is -0.390 e. The molecule has 5 nitrogen and oxygen atoms in total. The average Bonchev–Trinajstić information content (AvgIpc) is 2.50. The first-order chi connectivity index (χ1) is 11.3. The SMILES string of the molecule is CN(C)CCCN/C=C(/C#N)C(=O)Nc1ccccc1C(F)(F)F. The Bertz CT molecular complexity index is 633. The number of anilines is 1. The summed E-state index contributed by atoms with van der Waals surface area (Å²) in [6, 6.07) is 6.28. The van der Waals surface area contributed by atoms with Crippen molar-refractivity contribution in [1.82, 2.24) is 10.2 Å². The number of nitrogens with one attached hydrogen (secondary N) is 2. The van der Waals surface area contributed by atoms with Crippen LogP contribution in [-0.4, -0.2) is 38.0 Å². The Balaban J connectivity index is 2.74. The monoisotopic (exact) mass is 340 g/mol. The molecule has 130 valence electrons. The molecule has 1 amide bonds. The molecule has 0 radical (unpaired) electrons. The Kier molecular flexibility index (Phi) is 7.27. The van der Waals surface area contributed by atoms with E-state index in [1.54, 1.807) is 6.07 Å². The first kappa shape index (κ1) is 19.5. The molecule has 1 aromatic carbocycles. The summed E-state index contributed by atoms with van der Waals surface area (Å²) < 4.78 is 38.7. The lowest BCUT2D eigenvalue weighted by Crippen LogP contribution is -2.21. The smallest absolute Gasteiger partial charge is 0.390 e. The zero-order valence-corrected chi connectivity index (χ0v) is 13.4. The number of benzene rings is 1. The first-order valence-corrected chi connectivity index (χ1v) is 7.21. The summed E-state index contributed by atoms with van der Waals surface area (Å²) in [6.07, 6.45) is -2.59. The van der Waals surface area contributed by atoms with Crippen LogP contribution in [0.15, 0.2) is 36.0 Å². The molecular formula is C16H19F3N4O. The maximum Gasteiger partial charge on any atom is 0.418 e. The van der Waals surface area contributed by atoms with Gasteiger partial charge in [0.15, 0.2) is 0 Å². The summed E-state index contributed by atoms with van der Waals surface area (Å²) in [5.74, 6) is -0.894. The van der Waals surface area contributed by atoms with Crippen LogP contribution >= 0.6 is 0 Å². The Morgan fingerprint density at radius 2 is 2.00 bits per heavy atom. The van der Waals surface area contributed by atoms with Gasteiger partial charge in [-0.2, -0.15) is 18.4 Å². The van der Waals surface area contributed by atoms with Gasteiger partial charge in [0.05, 0.1) is 11.3 Å². The molecule has 8 heteroatoms. The standard InChI is InChI=1S/C16H19F3N4O/c1-23(2)9-5-8-21-11-12(10-20)15(24)22-14-7-4-3-6-13(14)16(17,18)19/h3-4,6-7,11,21H,5,8-9H2,1-2H3,(H,22,24)/b12-11-. The van der Waals surface area contributed by atoms with Crippen LogP contribution in [0.2, 0.25) is 0 Å². The number of para-hydroxylation sites is 1. The van der Waals surface area contributed by atoms with Crippen LogP contribution < -0.4 is 10.6 Å². The minimum absolute atomic E-state index is 0.295. The molecule has 0 saturated carbocycles. The van der Waals surface area contributed by atoms with E-state index < -0.39 is 17.6 Å². The zero-order valence-electron chi connectivity index (χ0n) is 13.4. The Morgan fingerprint density at radius 1 is 1.33 bits per heavy atom. The van der Waals surface area contributed by atoms with Crippen molar-refractivity contribution < 1.29 is 18.0 Å². The lowest BCUT2D eigenvalue weighted by Gasteiger charge is -2.13. The van der Waals surface area contributed by atoms with E-state index in [0.29, 0.717) is 6.54 Å². The predicted molar refractivity (Wildman–Crippen MR) is 84.9 cm³/mol. The molecule has 0 unspecified atom stereocenters. The Hall–Kier alpha value is -2.53. The molecule has 24 heavy (non-hydrogen) atoms. The van der Waals surface area contributed by atoms with Crippen molar-refractivity contribution in [2.24, 2.45) is 0 Å². The molecule has 0 spiro atoms. The van der Waals surface area contributed by atoms with Crippen LogP contribution in [0.1, 0.15) is 12.0 Å². The summed E-state index contributed by atoms with van der Waals surface area (Å²) in [5.41, 5.74) is -1.64. The molecule has 2 N–H and O–H groups in total. The van der Waals surface area contributed by atoms with Gasteiger partial charge in [-0.1, -0.05) is 12.1 Å². The van der Waals surface area contributed by atoms with Crippen LogP contribution in [0, 0.1) is 11.3 Å². The van der Waals surface area contributed by atoms with E-state index in [9.17, 15) is 18.0 Å². The highest BCUT2D eigenvalue weighted by molar-refractivity contribution is 6.06.